The van der Waals surface area contributed by atoms with Crippen LogP contribution in [0.2, 0.25) is 0 Å². The van der Waals surface area contributed by atoms with Gasteiger partial charge in [0.1, 0.15) is 0 Å². The van der Waals surface area contributed by atoms with Gasteiger partial charge in [0.25, 0.3) is 0 Å². The van der Waals surface area contributed by atoms with Gasteiger partial charge in [-0.2, -0.15) is 0 Å². The van der Waals surface area contributed by atoms with Crippen LogP contribution in [0.4, 0.5) is 0 Å². The molecule has 0 spiro atoms. The molecule has 0 saturated heterocycles. The van der Waals surface area contributed by atoms with E-state index in [2.05, 4.69) is 13.8 Å². The molecule has 0 N–H and O–H groups in total. The molecule has 0 aromatic rings. The van der Waals surface area contributed by atoms with Crippen LogP contribution in [0.1, 0.15) is 48.8 Å². The minimum atomic E-state index is 0. The zero-order valence-corrected chi connectivity index (χ0v) is 11.5. The Bertz CT molecular complexity index is 33.6. The van der Waals surface area contributed by atoms with Crippen molar-refractivity contribution in [2.75, 3.05) is 0 Å². The minimum absolute atomic E-state index is 0. The molecule has 0 rings (SSSR count). The predicted octanol–water partition coefficient (Wildman–Crippen LogP) is -2.79. The standard InChI is InChI=1S/C7H16.2Na.2H/c1-3-5-7-6-4-2;;;;/h3-7H2,1-2H3;;;;/q;2*+1;2*-1. The summed E-state index contributed by atoms with van der Waals surface area (Å²) < 4.78 is 0. The third kappa shape index (κ3) is 17.8. The van der Waals surface area contributed by atoms with Crippen molar-refractivity contribution in [3.05, 3.63) is 0 Å². The molecule has 0 heterocycles. The first kappa shape index (κ1) is 17.2. The van der Waals surface area contributed by atoms with Crippen LogP contribution < -0.4 is 59.1 Å². The summed E-state index contributed by atoms with van der Waals surface area (Å²) in [5.41, 5.74) is 0. The van der Waals surface area contributed by atoms with E-state index in [0.717, 1.165) is 0 Å². The smallest absolute Gasteiger partial charge is 1.00 e. The average molecular weight is 148 g/mol. The summed E-state index contributed by atoms with van der Waals surface area (Å²) in [5, 5.41) is 0. The molecule has 0 aliphatic heterocycles. The Hall–Kier alpha value is 2.00. The number of hydrogen-bond donors (Lipinski definition) is 0. The molecule has 0 saturated carbocycles. The molecule has 0 aliphatic rings. The van der Waals surface area contributed by atoms with E-state index in [1.165, 1.54) is 32.1 Å². The quantitative estimate of drug-likeness (QED) is 0.299. The normalized spacial score (nSPS) is 7.33. The van der Waals surface area contributed by atoms with Crippen molar-refractivity contribution in [1.82, 2.24) is 0 Å². The predicted molar refractivity (Wildman–Crippen MR) is 36.7 cm³/mol. The van der Waals surface area contributed by atoms with E-state index in [1.54, 1.807) is 0 Å². The fourth-order valence-corrected chi connectivity index (χ4v) is 0.677. The van der Waals surface area contributed by atoms with Gasteiger partial charge in [-0.15, -0.1) is 0 Å². The second-order valence-electron chi connectivity index (χ2n) is 2.06. The van der Waals surface area contributed by atoms with E-state index in [9.17, 15) is 0 Å². The monoisotopic (exact) mass is 148 g/mol. The average Bonchev–Trinajstić information content (AvgIpc) is 1.69. The number of rotatable bonds is 4. The zero-order chi connectivity index (χ0) is 5.54. The van der Waals surface area contributed by atoms with Gasteiger partial charge in [-0.1, -0.05) is 46.0 Å². The summed E-state index contributed by atoms with van der Waals surface area (Å²) in [4.78, 5) is 0. The van der Waals surface area contributed by atoms with E-state index in [0.29, 0.717) is 0 Å². The SMILES string of the molecule is CCCCCCC.[H-].[H-].[Na+].[Na+]. The van der Waals surface area contributed by atoms with Crippen LogP contribution in [0.25, 0.3) is 0 Å². The third-order valence-electron chi connectivity index (χ3n) is 1.21. The first-order valence-corrected chi connectivity index (χ1v) is 3.41. The molecule has 0 aromatic heterocycles. The molecule has 0 radical (unpaired) electrons. The summed E-state index contributed by atoms with van der Waals surface area (Å²) in [6.07, 6.45) is 7.01. The van der Waals surface area contributed by atoms with Crippen molar-refractivity contribution in [3.63, 3.8) is 0 Å². The van der Waals surface area contributed by atoms with Gasteiger partial charge in [0.05, 0.1) is 0 Å². The summed E-state index contributed by atoms with van der Waals surface area (Å²) in [6.45, 7) is 4.49. The maximum Gasteiger partial charge on any atom is 1.00 e. The van der Waals surface area contributed by atoms with Crippen LogP contribution in [0.5, 0.6) is 0 Å². The zero-order valence-electron chi connectivity index (χ0n) is 9.54. The first-order chi connectivity index (χ1) is 3.41. The molecular weight excluding hydrogens is 130 g/mol. The molecule has 0 fully saturated rings. The Morgan fingerprint density at radius 2 is 1.11 bits per heavy atom. The Morgan fingerprint density at radius 1 is 0.778 bits per heavy atom. The topological polar surface area (TPSA) is 0 Å². The van der Waals surface area contributed by atoms with Gasteiger partial charge in [0.2, 0.25) is 0 Å². The third-order valence-corrected chi connectivity index (χ3v) is 1.21. The van der Waals surface area contributed by atoms with Crippen molar-refractivity contribution in [2.24, 2.45) is 0 Å². The second-order valence-corrected chi connectivity index (χ2v) is 2.06. The summed E-state index contributed by atoms with van der Waals surface area (Å²) in [5.74, 6) is 0. The van der Waals surface area contributed by atoms with Gasteiger partial charge in [0.15, 0.2) is 0 Å². The second kappa shape index (κ2) is 16.5. The fraction of sp³-hybridized carbons (Fsp3) is 1.00. The molecule has 0 aromatic carbocycles. The van der Waals surface area contributed by atoms with Crippen molar-refractivity contribution in [1.29, 1.82) is 0 Å². The van der Waals surface area contributed by atoms with Crippen LogP contribution in [0.15, 0.2) is 0 Å². The van der Waals surface area contributed by atoms with E-state index in [-0.39, 0.29) is 62.0 Å². The molecule has 2 heteroatoms. The first-order valence-electron chi connectivity index (χ1n) is 3.41. The van der Waals surface area contributed by atoms with E-state index in [1.807, 2.05) is 0 Å². The van der Waals surface area contributed by atoms with E-state index < -0.39 is 0 Å². The van der Waals surface area contributed by atoms with Crippen LogP contribution in [0.3, 0.4) is 0 Å². The maximum atomic E-state index is 2.25. The van der Waals surface area contributed by atoms with Crippen molar-refractivity contribution >= 4 is 0 Å². The largest absolute Gasteiger partial charge is 1.00 e. The van der Waals surface area contributed by atoms with Crippen molar-refractivity contribution in [2.45, 2.75) is 46.0 Å². The van der Waals surface area contributed by atoms with Gasteiger partial charge >= 0.3 is 59.1 Å². The van der Waals surface area contributed by atoms with Gasteiger partial charge in [-0.3, -0.25) is 0 Å². The van der Waals surface area contributed by atoms with Gasteiger partial charge in [-0.25, -0.2) is 0 Å². The van der Waals surface area contributed by atoms with Crippen molar-refractivity contribution in [3.8, 4) is 0 Å². The van der Waals surface area contributed by atoms with Crippen LogP contribution in [-0.4, -0.2) is 0 Å². The molecule has 48 valence electrons. The molecule has 0 unspecified atom stereocenters. The van der Waals surface area contributed by atoms with Crippen LogP contribution in [-0.2, 0) is 0 Å². The van der Waals surface area contributed by atoms with Crippen molar-refractivity contribution < 1.29 is 62.0 Å². The Kier molecular flexibility index (Phi) is 31.6. The fourth-order valence-electron chi connectivity index (χ4n) is 0.677. The molecular formula is C7H18Na2. The molecule has 0 bridgehead atoms. The molecule has 0 atom stereocenters. The Balaban J connectivity index is -0.0000000300. The van der Waals surface area contributed by atoms with E-state index in [4.69, 9.17) is 0 Å². The Morgan fingerprint density at radius 3 is 1.33 bits per heavy atom. The van der Waals surface area contributed by atoms with E-state index >= 15 is 0 Å². The minimum Gasteiger partial charge on any atom is -1.00 e. The molecule has 0 amide bonds. The molecule has 9 heavy (non-hydrogen) atoms. The van der Waals surface area contributed by atoms with Gasteiger partial charge in [0, 0.05) is 0 Å². The summed E-state index contributed by atoms with van der Waals surface area (Å²) in [7, 11) is 0. The van der Waals surface area contributed by atoms with Crippen LogP contribution >= 0.6 is 0 Å². The maximum absolute atomic E-state index is 2.25. The number of hydrogen-bond acceptors (Lipinski definition) is 0. The number of unbranched alkanes of at least 4 members (excludes halogenated alkanes) is 4. The summed E-state index contributed by atoms with van der Waals surface area (Å²) >= 11 is 0. The molecule has 0 aliphatic carbocycles. The Labute approximate surface area is 107 Å². The van der Waals surface area contributed by atoms with Gasteiger partial charge in [-0.05, 0) is 0 Å². The van der Waals surface area contributed by atoms with Crippen LogP contribution in [0, 0.1) is 0 Å². The van der Waals surface area contributed by atoms with Gasteiger partial charge < -0.3 is 2.85 Å². The molecule has 0 nitrogen and oxygen atoms in total. The summed E-state index contributed by atoms with van der Waals surface area (Å²) in [6, 6.07) is 0.